The molecule has 0 fully saturated rings. The van der Waals surface area contributed by atoms with Crippen LogP contribution in [0.1, 0.15) is 5.56 Å². The minimum atomic E-state index is 0.527. The van der Waals surface area contributed by atoms with Gasteiger partial charge in [0.1, 0.15) is 19.5 Å². The molecule has 0 bridgehead atoms. The summed E-state index contributed by atoms with van der Waals surface area (Å²) in [5, 5.41) is 6.75. The summed E-state index contributed by atoms with van der Waals surface area (Å²) < 4.78 is 12.9. The van der Waals surface area contributed by atoms with Crippen LogP contribution < -0.4 is 9.47 Å². The Morgan fingerprint density at radius 1 is 1.29 bits per heavy atom. The Hall–Kier alpha value is -2.21. The van der Waals surface area contributed by atoms with Gasteiger partial charge in [-0.05, 0) is 6.07 Å². The second-order valence-corrected chi connectivity index (χ2v) is 5.12. The van der Waals surface area contributed by atoms with Crippen molar-refractivity contribution in [1.29, 1.82) is 0 Å². The van der Waals surface area contributed by atoms with Gasteiger partial charge in [0.25, 0.3) is 0 Å². The first kappa shape index (κ1) is 13.8. The molecule has 7 heteroatoms. The minimum absolute atomic E-state index is 0.527. The predicted octanol–water partition coefficient (Wildman–Crippen LogP) is 2.08. The third-order valence-corrected chi connectivity index (χ3v) is 3.23. The monoisotopic (exact) mass is 306 g/mol. The Balaban J connectivity index is 2.12. The number of hydrogen-bond donors (Lipinski definition) is 0. The molecule has 0 amide bonds. The van der Waals surface area contributed by atoms with Crippen LogP contribution in [0.2, 0.25) is 5.02 Å². The van der Waals surface area contributed by atoms with E-state index in [9.17, 15) is 0 Å². The van der Waals surface area contributed by atoms with E-state index in [2.05, 4.69) is 10.1 Å². The van der Waals surface area contributed by atoms with Crippen LogP contribution in [0, 0.1) is 0 Å². The SMILES string of the molecule is CN(C)N=C(c1cc2c(cc1Cl)OCCO2)n1ccnc1. The number of fused-ring (bicyclic) bond motifs is 1. The molecule has 0 aliphatic carbocycles. The first-order valence-corrected chi connectivity index (χ1v) is 6.87. The summed E-state index contributed by atoms with van der Waals surface area (Å²) in [5.41, 5.74) is 0.757. The van der Waals surface area contributed by atoms with Gasteiger partial charge in [0.05, 0.1) is 5.02 Å². The Labute approximate surface area is 127 Å². The molecule has 0 N–H and O–H groups in total. The third kappa shape index (κ3) is 2.80. The number of benzene rings is 1. The molecular weight excluding hydrogens is 292 g/mol. The van der Waals surface area contributed by atoms with Gasteiger partial charge < -0.3 is 14.5 Å². The van der Waals surface area contributed by atoms with Crippen molar-refractivity contribution in [2.45, 2.75) is 0 Å². The topological polar surface area (TPSA) is 51.9 Å². The van der Waals surface area contributed by atoms with Crippen molar-refractivity contribution in [1.82, 2.24) is 14.6 Å². The van der Waals surface area contributed by atoms with E-state index in [0.29, 0.717) is 35.6 Å². The van der Waals surface area contributed by atoms with Gasteiger partial charge in [0.15, 0.2) is 17.3 Å². The molecule has 0 radical (unpaired) electrons. The van der Waals surface area contributed by atoms with Crippen molar-refractivity contribution in [3.63, 3.8) is 0 Å². The van der Waals surface area contributed by atoms with Crippen molar-refractivity contribution in [3.05, 3.63) is 41.4 Å². The van der Waals surface area contributed by atoms with Crippen LogP contribution in [0.4, 0.5) is 0 Å². The Morgan fingerprint density at radius 3 is 2.62 bits per heavy atom. The van der Waals surface area contributed by atoms with E-state index in [1.54, 1.807) is 28.2 Å². The Bertz CT molecular complexity index is 668. The molecule has 21 heavy (non-hydrogen) atoms. The van der Waals surface area contributed by atoms with E-state index < -0.39 is 0 Å². The van der Waals surface area contributed by atoms with Crippen LogP contribution in [-0.4, -0.2) is 47.7 Å². The maximum absolute atomic E-state index is 6.39. The number of hydrogen-bond acceptors (Lipinski definition) is 5. The van der Waals surface area contributed by atoms with Crippen LogP contribution in [-0.2, 0) is 0 Å². The second-order valence-electron chi connectivity index (χ2n) is 4.72. The molecule has 110 valence electrons. The fourth-order valence-electron chi connectivity index (χ4n) is 2.05. The highest BCUT2D eigenvalue weighted by Crippen LogP contribution is 2.35. The standard InChI is InChI=1S/C14H15ClN4O2/c1-18(2)17-14(19-4-3-16-9-19)10-7-12-13(8-11(10)15)21-6-5-20-12/h3-4,7-9H,5-6H2,1-2H3. The zero-order valence-electron chi connectivity index (χ0n) is 11.8. The summed E-state index contributed by atoms with van der Waals surface area (Å²) in [6.07, 6.45) is 5.18. The van der Waals surface area contributed by atoms with Gasteiger partial charge in [0.2, 0.25) is 0 Å². The first-order valence-electron chi connectivity index (χ1n) is 6.49. The van der Waals surface area contributed by atoms with Gasteiger partial charge in [0, 0.05) is 38.1 Å². The molecule has 3 rings (SSSR count). The highest BCUT2D eigenvalue weighted by molar-refractivity contribution is 6.34. The minimum Gasteiger partial charge on any atom is -0.486 e. The maximum atomic E-state index is 6.39. The smallest absolute Gasteiger partial charge is 0.166 e. The molecule has 0 saturated carbocycles. The number of rotatable bonds is 2. The first-order chi connectivity index (χ1) is 10.1. The molecule has 0 unspecified atom stereocenters. The summed E-state index contributed by atoms with van der Waals surface area (Å²) in [6.45, 7) is 1.06. The summed E-state index contributed by atoms with van der Waals surface area (Å²) in [7, 11) is 3.70. The average molecular weight is 307 g/mol. The number of nitrogens with zero attached hydrogens (tertiary/aromatic N) is 4. The second kappa shape index (κ2) is 5.65. The molecule has 1 aromatic carbocycles. The quantitative estimate of drug-likeness (QED) is 0.484. The fourth-order valence-corrected chi connectivity index (χ4v) is 2.29. The zero-order valence-corrected chi connectivity index (χ0v) is 12.5. The van der Waals surface area contributed by atoms with Crippen LogP contribution >= 0.6 is 11.6 Å². The van der Waals surface area contributed by atoms with Crippen LogP contribution in [0.25, 0.3) is 0 Å². The van der Waals surface area contributed by atoms with Gasteiger partial charge in [-0.3, -0.25) is 4.57 Å². The Kier molecular flexibility index (Phi) is 3.70. The summed E-state index contributed by atoms with van der Waals surface area (Å²) >= 11 is 6.39. The molecule has 1 aromatic heterocycles. The van der Waals surface area contributed by atoms with Gasteiger partial charge in [-0.1, -0.05) is 11.6 Å². The lowest BCUT2D eigenvalue weighted by atomic mass is 10.1. The van der Waals surface area contributed by atoms with Crippen molar-refractivity contribution < 1.29 is 9.47 Å². The van der Waals surface area contributed by atoms with Crippen LogP contribution in [0.3, 0.4) is 0 Å². The summed E-state index contributed by atoms with van der Waals surface area (Å²) in [5.74, 6) is 2.00. The number of ether oxygens (including phenoxy) is 2. The van der Waals surface area contributed by atoms with E-state index in [0.717, 1.165) is 5.56 Å². The van der Waals surface area contributed by atoms with Crippen molar-refractivity contribution in [2.24, 2.45) is 5.10 Å². The average Bonchev–Trinajstić information content (AvgIpc) is 2.98. The molecule has 0 saturated heterocycles. The van der Waals surface area contributed by atoms with Crippen LogP contribution in [0.15, 0.2) is 36.0 Å². The number of imidazole rings is 1. The van der Waals surface area contributed by atoms with Crippen molar-refractivity contribution in [2.75, 3.05) is 27.3 Å². The fraction of sp³-hybridized carbons (Fsp3) is 0.286. The highest BCUT2D eigenvalue weighted by Gasteiger charge is 2.19. The van der Waals surface area contributed by atoms with Gasteiger partial charge in [-0.2, -0.15) is 5.10 Å². The van der Waals surface area contributed by atoms with E-state index in [1.165, 1.54) is 0 Å². The molecule has 6 nitrogen and oxygen atoms in total. The number of aromatic nitrogens is 2. The van der Waals surface area contributed by atoms with E-state index in [1.807, 2.05) is 26.4 Å². The molecule has 0 atom stereocenters. The lowest BCUT2D eigenvalue weighted by Gasteiger charge is -2.20. The third-order valence-electron chi connectivity index (χ3n) is 2.92. The number of halogens is 1. The largest absolute Gasteiger partial charge is 0.486 e. The molecule has 2 aromatic rings. The summed E-state index contributed by atoms with van der Waals surface area (Å²) in [6, 6.07) is 3.60. The van der Waals surface area contributed by atoms with Crippen LogP contribution in [0.5, 0.6) is 11.5 Å². The zero-order chi connectivity index (χ0) is 14.8. The number of hydrazone groups is 1. The van der Waals surface area contributed by atoms with Gasteiger partial charge in [-0.25, -0.2) is 4.98 Å². The van der Waals surface area contributed by atoms with Crippen molar-refractivity contribution >= 4 is 17.4 Å². The maximum Gasteiger partial charge on any atom is 0.166 e. The predicted molar refractivity (Wildman–Crippen MR) is 80.3 cm³/mol. The van der Waals surface area contributed by atoms with E-state index >= 15 is 0 Å². The molecular formula is C14H15ClN4O2. The van der Waals surface area contributed by atoms with E-state index in [4.69, 9.17) is 21.1 Å². The highest BCUT2D eigenvalue weighted by atomic mass is 35.5. The lowest BCUT2D eigenvalue weighted by Crippen LogP contribution is -2.19. The summed E-state index contributed by atoms with van der Waals surface area (Å²) in [4.78, 5) is 4.06. The molecule has 1 aliphatic heterocycles. The molecule has 0 spiro atoms. The van der Waals surface area contributed by atoms with Gasteiger partial charge >= 0.3 is 0 Å². The molecule has 1 aliphatic rings. The van der Waals surface area contributed by atoms with Crippen molar-refractivity contribution in [3.8, 4) is 11.5 Å². The van der Waals surface area contributed by atoms with Gasteiger partial charge in [-0.15, -0.1) is 0 Å². The van der Waals surface area contributed by atoms with E-state index in [-0.39, 0.29) is 0 Å². The normalized spacial score (nSPS) is 14.1. The lowest BCUT2D eigenvalue weighted by molar-refractivity contribution is 0.171. The Morgan fingerprint density at radius 2 is 2.00 bits per heavy atom. The molecule has 2 heterocycles.